The van der Waals surface area contributed by atoms with Gasteiger partial charge in [-0.25, -0.2) is 4.99 Å². The molecule has 0 radical (unpaired) electrons. The highest BCUT2D eigenvalue weighted by Gasteiger charge is 2.36. The van der Waals surface area contributed by atoms with Gasteiger partial charge in [0.05, 0.1) is 11.7 Å². The van der Waals surface area contributed by atoms with Gasteiger partial charge in [-0.1, -0.05) is 104 Å². The fraction of sp³-hybridized carbons (Fsp3) is 0.625. The Morgan fingerprint density at radius 1 is 1.02 bits per heavy atom. The minimum absolute atomic E-state index is 0. The maximum atomic E-state index is 4.97. The first-order valence-corrected chi connectivity index (χ1v) is 17.3. The number of rotatable bonds is 7. The highest BCUT2D eigenvalue weighted by Crippen LogP contribution is 2.31. The number of piperazine rings is 1. The van der Waals surface area contributed by atoms with Crippen molar-refractivity contribution in [3.05, 3.63) is 72.4 Å². The van der Waals surface area contributed by atoms with Crippen molar-refractivity contribution < 1.29 is 0 Å². The van der Waals surface area contributed by atoms with E-state index in [1.54, 1.807) is 0 Å². The number of likely N-dealkylation sites (N-methyl/N-ethyl adjacent to an activating group) is 1. The summed E-state index contributed by atoms with van der Waals surface area (Å²) in [5.74, 6) is 2.60. The molecule has 254 valence electrons. The highest BCUT2D eigenvalue weighted by molar-refractivity contribution is 6.00. The third-order valence-corrected chi connectivity index (χ3v) is 9.18. The molecule has 0 aromatic heterocycles. The lowest BCUT2D eigenvalue weighted by Gasteiger charge is -2.47. The van der Waals surface area contributed by atoms with E-state index in [0.29, 0.717) is 11.9 Å². The average molecular weight is 620 g/mol. The zero-order valence-corrected chi connectivity index (χ0v) is 29.9. The Hall–Kier alpha value is -2.79. The molecule has 3 aliphatic rings. The van der Waals surface area contributed by atoms with E-state index in [0.717, 1.165) is 52.8 Å². The van der Waals surface area contributed by atoms with Gasteiger partial charge in [0.2, 0.25) is 0 Å². The molecule has 0 bridgehead atoms. The first-order chi connectivity index (χ1) is 20.9. The van der Waals surface area contributed by atoms with Crippen molar-refractivity contribution in [3.8, 4) is 0 Å². The van der Waals surface area contributed by atoms with Crippen LogP contribution in [0.1, 0.15) is 125 Å². The van der Waals surface area contributed by atoms with Crippen LogP contribution in [0.2, 0.25) is 0 Å². The summed E-state index contributed by atoms with van der Waals surface area (Å²) in [6.45, 7) is 30.5. The molecular weight excluding hydrogens is 550 g/mol. The van der Waals surface area contributed by atoms with Gasteiger partial charge in [-0.05, 0) is 103 Å². The molecule has 4 rings (SSSR count). The number of hydrogen-bond donors (Lipinski definition) is 1. The summed E-state index contributed by atoms with van der Waals surface area (Å²) in [6, 6.07) is 6.88. The van der Waals surface area contributed by atoms with Crippen LogP contribution in [0.15, 0.2) is 66.2 Å². The van der Waals surface area contributed by atoms with E-state index in [1.165, 1.54) is 70.0 Å². The molecule has 5 nitrogen and oxygen atoms in total. The monoisotopic (exact) mass is 620 g/mol. The summed E-state index contributed by atoms with van der Waals surface area (Å²) in [6.07, 6.45) is 15.7. The lowest BCUT2D eigenvalue weighted by atomic mass is 9.91. The number of anilines is 1. The first-order valence-electron chi connectivity index (χ1n) is 17.3. The van der Waals surface area contributed by atoms with E-state index in [2.05, 4.69) is 113 Å². The summed E-state index contributed by atoms with van der Waals surface area (Å²) in [5, 5.41) is 3.43. The van der Waals surface area contributed by atoms with E-state index in [-0.39, 0.29) is 13.5 Å². The van der Waals surface area contributed by atoms with Gasteiger partial charge in [0.15, 0.2) is 5.84 Å². The Morgan fingerprint density at radius 2 is 1.62 bits per heavy atom. The second-order valence-corrected chi connectivity index (χ2v) is 13.3. The van der Waals surface area contributed by atoms with E-state index in [4.69, 9.17) is 4.99 Å². The lowest BCUT2D eigenvalue weighted by molar-refractivity contribution is 0.227. The van der Waals surface area contributed by atoms with Crippen molar-refractivity contribution >= 4 is 17.1 Å². The molecule has 45 heavy (non-hydrogen) atoms. The van der Waals surface area contributed by atoms with Crippen LogP contribution < -0.4 is 5.32 Å². The number of benzene rings is 1. The molecule has 3 fully saturated rings. The van der Waals surface area contributed by atoms with Crippen molar-refractivity contribution in [1.29, 1.82) is 0 Å². The normalized spacial score (nSPS) is 21.0. The van der Waals surface area contributed by atoms with Crippen LogP contribution in [0, 0.1) is 5.92 Å². The molecule has 1 atom stereocenters. The van der Waals surface area contributed by atoms with Gasteiger partial charge in [-0.3, -0.25) is 0 Å². The van der Waals surface area contributed by atoms with Gasteiger partial charge in [0.1, 0.15) is 5.82 Å². The van der Waals surface area contributed by atoms with Gasteiger partial charge < -0.3 is 20.0 Å². The van der Waals surface area contributed by atoms with Crippen molar-refractivity contribution in [2.45, 2.75) is 132 Å². The number of allylic oxidation sites excluding steroid dienone is 2. The fourth-order valence-corrected chi connectivity index (χ4v) is 6.39. The molecule has 2 saturated heterocycles. The number of aryl methyl sites for hydroxylation is 1. The van der Waals surface area contributed by atoms with Crippen LogP contribution in [-0.4, -0.2) is 59.8 Å². The molecule has 0 amide bonds. The molecule has 2 aliphatic heterocycles. The van der Waals surface area contributed by atoms with E-state index in [9.17, 15) is 0 Å². The topological polar surface area (TPSA) is 34.1 Å². The standard InChI is InChI=1S/C26H38N4.C7H14.C6H13N.CH4/c1-11-21-16-22(17(4)5)14-15-23(21)27-20(9)28-26-25(13-3)29(10)19(8)24(12-2)30(26)18(6)7;2*1-7-5-3-2-4-6-7;/h13-16,18,24,27H,4,8-9,11-12H2,1-3,5-7,10H3;7H,2-6H2,1H3;2-6H2,1H3;1H4/b25-13+,28-26+;;;. The van der Waals surface area contributed by atoms with Crippen molar-refractivity contribution in [2.75, 3.05) is 32.5 Å². The SMILES string of the molecule is C.C=C(/N=C1\C(=C/C)N(C)C(=C)C(CC)N1C(C)C)Nc1ccc(C(=C)C)cc1CC.CC1CCCCC1.CN1CCCCC1. The number of nitrogens with zero attached hydrogens (tertiary/aromatic N) is 4. The summed E-state index contributed by atoms with van der Waals surface area (Å²) >= 11 is 0. The predicted octanol–water partition coefficient (Wildman–Crippen LogP) is 10.7. The summed E-state index contributed by atoms with van der Waals surface area (Å²) in [5.41, 5.74) is 6.64. The second-order valence-electron chi connectivity index (χ2n) is 13.3. The Morgan fingerprint density at radius 3 is 2.04 bits per heavy atom. The third kappa shape index (κ3) is 12.2. The van der Waals surface area contributed by atoms with Crippen LogP contribution in [0.5, 0.6) is 0 Å². The minimum atomic E-state index is 0. The first kappa shape index (κ1) is 40.2. The largest absolute Gasteiger partial charge is 0.344 e. The number of amidine groups is 1. The van der Waals surface area contributed by atoms with Crippen LogP contribution in [0.4, 0.5) is 5.69 Å². The quantitative estimate of drug-likeness (QED) is 0.329. The molecule has 1 saturated carbocycles. The molecule has 2 heterocycles. The maximum absolute atomic E-state index is 4.97. The van der Waals surface area contributed by atoms with Crippen molar-refractivity contribution in [1.82, 2.24) is 14.7 Å². The molecule has 1 aromatic carbocycles. The van der Waals surface area contributed by atoms with Gasteiger partial charge in [-0.2, -0.15) is 0 Å². The van der Waals surface area contributed by atoms with Crippen LogP contribution in [0.3, 0.4) is 0 Å². The molecular formula is C40H69N5. The zero-order chi connectivity index (χ0) is 32.8. The van der Waals surface area contributed by atoms with Crippen molar-refractivity contribution in [3.63, 3.8) is 0 Å². The number of hydrogen-bond acceptors (Lipinski definition) is 4. The Labute approximate surface area is 279 Å². The molecule has 1 aromatic rings. The third-order valence-electron chi connectivity index (χ3n) is 9.18. The zero-order valence-electron chi connectivity index (χ0n) is 29.9. The smallest absolute Gasteiger partial charge is 0.155 e. The fourth-order valence-electron chi connectivity index (χ4n) is 6.39. The second kappa shape index (κ2) is 20.4. The molecule has 0 spiro atoms. The maximum Gasteiger partial charge on any atom is 0.155 e. The van der Waals surface area contributed by atoms with Crippen LogP contribution in [-0.2, 0) is 6.42 Å². The highest BCUT2D eigenvalue weighted by atomic mass is 15.4. The Bertz CT molecular complexity index is 1120. The summed E-state index contributed by atoms with van der Waals surface area (Å²) < 4.78 is 0. The van der Waals surface area contributed by atoms with E-state index in [1.807, 2.05) is 13.8 Å². The van der Waals surface area contributed by atoms with Gasteiger partial charge in [-0.15, -0.1) is 0 Å². The number of likely N-dealkylation sites (tertiary alicyclic amines) is 1. The predicted molar refractivity (Wildman–Crippen MR) is 203 cm³/mol. The van der Waals surface area contributed by atoms with E-state index < -0.39 is 0 Å². The number of aliphatic imine (C=N–C) groups is 1. The molecule has 1 N–H and O–H groups in total. The average Bonchev–Trinajstić information content (AvgIpc) is 3.00. The molecule has 1 unspecified atom stereocenters. The molecule has 5 heteroatoms. The summed E-state index contributed by atoms with van der Waals surface area (Å²) in [7, 11) is 4.26. The number of nitrogens with one attached hydrogen (secondary N) is 1. The Kier molecular flexibility index (Phi) is 18.2. The molecule has 1 aliphatic carbocycles. The van der Waals surface area contributed by atoms with Gasteiger partial charge in [0.25, 0.3) is 0 Å². The lowest BCUT2D eigenvalue weighted by Crippen LogP contribution is -2.54. The van der Waals surface area contributed by atoms with E-state index >= 15 is 0 Å². The number of piperidine rings is 1. The van der Waals surface area contributed by atoms with Crippen LogP contribution >= 0.6 is 0 Å². The minimum Gasteiger partial charge on any atom is -0.344 e. The van der Waals surface area contributed by atoms with Gasteiger partial charge in [0, 0.05) is 24.5 Å². The summed E-state index contributed by atoms with van der Waals surface area (Å²) in [4.78, 5) is 11.9. The van der Waals surface area contributed by atoms with Gasteiger partial charge >= 0.3 is 0 Å². The Balaban J connectivity index is 0.000000548. The van der Waals surface area contributed by atoms with Crippen molar-refractivity contribution in [2.24, 2.45) is 10.9 Å². The van der Waals surface area contributed by atoms with Crippen LogP contribution in [0.25, 0.3) is 5.57 Å².